The first kappa shape index (κ1) is 21.7. The van der Waals surface area contributed by atoms with E-state index in [4.69, 9.17) is 5.10 Å². The van der Waals surface area contributed by atoms with Gasteiger partial charge in [-0.1, -0.05) is 6.07 Å². The Kier molecular flexibility index (Phi) is 5.45. The van der Waals surface area contributed by atoms with Crippen molar-refractivity contribution < 1.29 is 19.8 Å². The van der Waals surface area contributed by atoms with Crippen LogP contribution in [0.4, 0.5) is 5.69 Å². The maximum absolute atomic E-state index is 13.3. The molecule has 0 radical (unpaired) electrons. The van der Waals surface area contributed by atoms with Crippen LogP contribution in [0.15, 0.2) is 60.9 Å². The van der Waals surface area contributed by atoms with Crippen molar-refractivity contribution in [1.82, 2.24) is 14.8 Å². The number of rotatable bonds is 5. The summed E-state index contributed by atoms with van der Waals surface area (Å²) in [7, 11) is 0. The van der Waals surface area contributed by atoms with E-state index in [1.165, 1.54) is 0 Å². The number of pyridine rings is 2. The fraction of sp³-hybridized carbons (Fsp3) is 0.333. The zero-order valence-corrected chi connectivity index (χ0v) is 19.3. The van der Waals surface area contributed by atoms with Gasteiger partial charge in [0.25, 0.3) is 0 Å². The van der Waals surface area contributed by atoms with Gasteiger partial charge in [-0.25, -0.2) is 0 Å². The lowest BCUT2D eigenvalue weighted by molar-refractivity contribution is -0.910. The second-order valence-electron chi connectivity index (χ2n) is 9.62. The van der Waals surface area contributed by atoms with E-state index in [0.29, 0.717) is 11.6 Å². The third-order valence-corrected chi connectivity index (χ3v) is 7.11. The van der Waals surface area contributed by atoms with E-state index < -0.39 is 0 Å². The van der Waals surface area contributed by atoms with Crippen LogP contribution in [0, 0.1) is 0 Å². The molecule has 2 aliphatic rings. The average Bonchev–Trinajstić information content (AvgIpc) is 3.63. The molecule has 0 bridgehead atoms. The molecule has 0 atom stereocenters. The number of nitrogens with zero attached hydrogens (tertiary/aromatic N) is 4. The van der Waals surface area contributed by atoms with Gasteiger partial charge in [-0.2, -0.15) is 5.10 Å². The minimum Gasteiger partial charge on any atom is -0.393 e. The molecule has 2 aliphatic carbocycles. The monoisotopic (exact) mass is 470 g/mol. The lowest BCUT2D eigenvalue weighted by atomic mass is 9.93. The first-order valence-electron chi connectivity index (χ1n) is 12.2. The predicted molar refractivity (Wildman–Crippen MR) is 130 cm³/mol. The highest BCUT2D eigenvalue weighted by Gasteiger charge is 2.35. The molecule has 4 aromatic rings. The number of fused-ring (bicyclic) bond motifs is 1. The van der Waals surface area contributed by atoms with E-state index in [1.54, 1.807) is 12.3 Å². The highest BCUT2D eigenvalue weighted by atomic mass is 16.5. The van der Waals surface area contributed by atoms with Crippen LogP contribution in [0.1, 0.15) is 66.7 Å². The Morgan fingerprint density at radius 1 is 1.03 bits per heavy atom. The highest BCUT2D eigenvalue weighted by Crippen LogP contribution is 2.38. The number of hydrogen-bond donors (Lipinski definition) is 3. The molecule has 0 saturated heterocycles. The average molecular weight is 471 g/mol. The van der Waals surface area contributed by atoms with Crippen molar-refractivity contribution >= 4 is 22.5 Å². The molecule has 0 spiro atoms. The number of amides is 1. The number of aliphatic hydroxyl groups excluding tert-OH is 1. The maximum atomic E-state index is 13.3. The minimum absolute atomic E-state index is 0.193. The van der Waals surface area contributed by atoms with Gasteiger partial charge in [0.05, 0.1) is 29.0 Å². The van der Waals surface area contributed by atoms with Crippen molar-refractivity contribution in [3.8, 4) is 11.3 Å². The topological polar surface area (TPSA) is 104 Å². The molecular weight excluding hydrogens is 442 g/mol. The Morgan fingerprint density at radius 3 is 2.60 bits per heavy atom. The van der Waals surface area contributed by atoms with E-state index in [9.17, 15) is 15.1 Å². The molecule has 8 nitrogen and oxygen atoms in total. The molecule has 0 unspecified atom stereocenters. The summed E-state index contributed by atoms with van der Waals surface area (Å²) in [5, 5.41) is 29.3. The third kappa shape index (κ3) is 4.25. The summed E-state index contributed by atoms with van der Waals surface area (Å²) >= 11 is 0. The van der Waals surface area contributed by atoms with E-state index in [0.717, 1.165) is 71.1 Å². The number of hydrogen-bond acceptors (Lipinski definition) is 5. The molecule has 6 rings (SSSR count). The first-order valence-corrected chi connectivity index (χ1v) is 12.2. The van der Waals surface area contributed by atoms with Gasteiger partial charge in [0.15, 0.2) is 0 Å². The highest BCUT2D eigenvalue weighted by molar-refractivity contribution is 6.06. The SMILES string of the molecule is O=C(Nc1cc2cn([C@H]3CC[C@H](O)CC3)nc2cc1-c1ccccn1)c1cccc(C2CC2)[n+]1O. The van der Waals surface area contributed by atoms with E-state index >= 15 is 0 Å². The number of nitrogens with one attached hydrogen (secondary N) is 1. The Morgan fingerprint density at radius 2 is 1.86 bits per heavy atom. The Hall–Kier alpha value is -3.78. The number of aromatic nitrogens is 4. The molecule has 0 aliphatic heterocycles. The molecule has 8 heteroatoms. The van der Waals surface area contributed by atoms with Crippen LogP contribution in [0.3, 0.4) is 0 Å². The van der Waals surface area contributed by atoms with Crippen LogP contribution in [-0.2, 0) is 0 Å². The number of benzene rings is 1. The molecule has 2 fully saturated rings. The van der Waals surface area contributed by atoms with Crippen molar-refractivity contribution in [1.29, 1.82) is 0 Å². The van der Waals surface area contributed by atoms with Gasteiger partial charge in [-0.15, -0.1) is 0 Å². The number of carbonyl (C=O) groups is 1. The van der Waals surface area contributed by atoms with Crippen molar-refractivity contribution in [2.24, 2.45) is 0 Å². The molecule has 1 aromatic carbocycles. The van der Waals surface area contributed by atoms with Gasteiger partial charge in [0.1, 0.15) is 0 Å². The molecule has 2 saturated carbocycles. The fourth-order valence-electron chi connectivity index (χ4n) is 5.00. The first-order chi connectivity index (χ1) is 17.1. The Bertz CT molecular complexity index is 1390. The Labute approximate surface area is 202 Å². The van der Waals surface area contributed by atoms with Crippen LogP contribution < -0.4 is 10.0 Å². The molecule has 3 aromatic heterocycles. The zero-order chi connectivity index (χ0) is 23.9. The summed E-state index contributed by atoms with van der Waals surface area (Å²) in [4.78, 5) is 17.8. The van der Waals surface area contributed by atoms with Crippen LogP contribution in [0.25, 0.3) is 22.2 Å². The van der Waals surface area contributed by atoms with Crippen LogP contribution in [0.5, 0.6) is 0 Å². The van der Waals surface area contributed by atoms with Crippen LogP contribution >= 0.6 is 0 Å². The molecule has 3 heterocycles. The third-order valence-electron chi connectivity index (χ3n) is 7.11. The molecule has 3 N–H and O–H groups in total. The second kappa shape index (κ2) is 8.78. The quantitative estimate of drug-likeness (QED) is 0.299. The minimum atomic E-state index is -0.389. The van der Waals surface area contributed by atoms with Crippen LogP contribution in [0.2, 0.25) is 0 Å². The lowest BCUT2D eigenvalue weighted by Crippen LogP contribution is -2.43. The fourth-order valence-corrected chi connectivity index (χ4v) is 5.00. The Balaban J connectivity index is 1.38. The van der Waals surface area contributed by atoms with E-state index in [1.807, 2.05) is 53.3 Å². The predicted octanol–water partition coefficient (Wildman–Crippen LogP) is 4.23. The maximum Gasteiger partial charge on any atom is 0.325 e. The van der Waals surface area contributed by atoms with E-state index in [2.05, 4.69) is 10.3 Å². The summed E-state index contributed by atoms with van der Waals surface area (Å²) in [6.45, 7) is 0. The van der Waals surface area contributed by atoms with Gasteiger partial charge in [-0.3, -0.25) is 19.7 Å². The zero-order valence-electron chi connectivity index (χ0n) is 19.3. The number of anilines is 1. The lowest BCUT2D eigenvalue weighted by Gasteiger charge is -2.25. The van der Waals surface area contributed by atoms with Gasteiger partial charge >= 0.3 is 11.6 Å². The molecular formula is C27H28N5O3+. The summed E-state index contributed by atoms with van der Waals surface area (Å²) in [5.41, 5.74) is 3.87. The van der Waals surface area contributed by atoms with Gasteiger partial charge in [-0.05, 0) is 68.9 Å². The normalized spacial score (nSPS) is 20.1. The number of aliphatic hydroxyl groups is 1. The standard InChI is InChI=1S/C27H27N5O3/c33-20-11-9-19(10-12-20)31-16-18-14-24(21(15-23(18)30-31)22-4-1-2-13-28-22)29-27(34)26-6-3-5-25(32(26)35)17-7-8-17/h1-6,13-17,19-20,33H,7-12H2,(H-,29,34,35)/p+1/t19-,20-. The van der Waals surface area contributed by atoms with Gasteiger partial charge < -0.3 is 10.4 Å². The van der Waals surface area contributed by atoms with Crippen molar-refractivity contribution in [3.63, 3.8) is 0 Å². The van der Waals surface area contributed by atoms with Gasteiger partial charge in [0, 0.05) is 46.1 Å². The second-order valence-corrected chi connectivity index (χ2v) is 9.62. The van der Waals surface area contributed by atoms with Crippen molar-refractivity contribution in [3.05, 3.63) is 72.3 Å². The summed E-state index contributed by atoms with van der Waals surface area (Å²) in [6.07, 6.45) is 8.89. The van der Waals surface area contributed by atoms with E-state index in [-0.39, 0.29) is 23.7 Å². The molecule has 1 amide bonds. The largest absolute Gasteiger partial charge is 0.393 e. The summed E-state index contributed by atoms with van der Waals surface area (Å²) in [6, 6.07) is 15.1. The van der Waals surface area contributed by atoms with Gasteiger partial charge in [0.2, 0.25) is 5.69 Å². The summed E-state index contributed by atoms with van der Waals surface area (Å²) < 4.78 is 3.01. The smallest absolute Gasteiger partial charge is 0.325 e. The van der Waals surface area contributed by atoms with Crippen molar-refractivity contribution in [2.75, 3.05) is 5.32 Å². The van der Waals surface area contributed by atoms with Crippen LogP contribution in [-0.4, -0.2) is 37.1 Å². The summed E-state index contributed by atoms with van der Waals surface area (Å²) in [5.74, 6) is -0.0832. The number of carbonyl (C=O) groups excluding carboxylic acids is 1. The molecule has 35 heavy (non-hydrogen) atoms. The van der Waals surface area contributed by atoms with Crippen molar-refractivity contribution in [2.45, 2.75) is 56.6 Å². The molecule has 178 valence electrons.